The summed E-state index contributed by atoms with van der Waals surface area (Å²) in [5.41, 5.74) is 1.76. The van der Waals surface area contributed by atoms with Crippen LogP contribution in [0.15, 0.2) is 0 Å². The molecular weight excluding hydrogens is 238 g/mol. The van der Waals surface area contributed by atoms with Crippen molar-refractivity contribution in [2.24, 2.45) is 13.0 Å². The Hall–Kier alpha value is -0.580. The second-order valence-corrected chi connectivity index (χ2v) is 5.23. The highest BCUT2D eigenvalue weighted by Gasteiger charge is 2.24. The molecule has 2 heterocycles. The quantitative estimate of drug-likeness (QED) is 0.858. The Kier molecular flexibility index (Phi) is 4.07. The van der Waals surface area contributed by atoms with Gasteiger partial charge < -0.3 is 10.4 Å². The smallest absolute Gasteiger partial charge is 0.0847 e. The van der Waals surface area contributed by atoms with Crippen LogP contribution in [0.4, 0.5) is 0 Å². The van der Waals surface area contributed by atoms with E-state index in [0.29, 0.717) is 17.4 Å². The number of hydrogen-bond acceptors (Lipinski definition) is 3. The molecule has 0 amide bonds. The molecule has 2 atom stereocenters. The first-order valence-electron chi connectivity index (χ1n) is 6.16. The summed E-state index contributed by atoms with van der Waals surface area (Å²) in [5, 5.41) is 18.5. The van der Waals surface area contributed by atoms with E-state index >= 15 is 0 Å². The van der Waals surface area contributed by atoms with Crippen molar-refractivity contribution in [3.05, 3.63) is 16.4 Å². The topological polar surface area (TPSA) is 50.1 Å². The largest absolute Gasteiger partial charge is 0.392 e. The zero-order valence-electron chi connectivity index (χ0n) is 10.4. The van der Waals surface area contributed by atoms with Crippen LogP contribution >= 0.6 is 11.6 Å². The Labute approximate surface area is 107 Å². The number of nitrogens with one attached hydrogen (secondary N) is 1. The number of aliphatic hydroxyl groups excluding tert-OH is 1. The predicted molar refractivity (Wildman–Crippen MR) is 68.3 cm³/mol. The van der Waals surface area contributed by atoms with Crippen molar-refractivity contribution in [1.29, 1.82) is 0 Å². The minimum Gasteiger partial charge on any atom is -0.392 e. The van der Waals surface area contributed by atoms with E-state index < -0.39 is 0 Å². The van der Waals surface area contributed by atoms with Crippen molar-refractivity contribution in [2.45, 2.75) is 32.3 Å². The van der Waals surface area contributed by atoms with Gasteiger partial charge in [0.05, 0.1) is 22.5 Å². The summed E-state index contributed by atoms with van der Waals surface area (Å²) in [6.45, 7) is 3.85. The lowest BCUT2D eigenvalue weighted by molar-refractivity contribution is 0.0905. The third-order valence-electron chi connectivity index (χ3n) is 3.54. The van der Waals surface area contributed by atoms with E-state index in [1.807, 2.05) is 14.0 Å². The van der Waals surface area contributed by atoms with Crippen LogP contribution < -0.4 is 5.32 Å². The molecule has 0 saturated carbocycles. The van der Waals surface area contributed by atoms with Gasteiger partial charge in [-0.1, -0.05) is 11.6 Å². The molecule has 0 aromatic carbocycles. The highest BCUT2D eigenvalue weighted by Crippen LogP contribution is 2.24. The van der Waals surface area contributed by atoms with Gasteiger partial charge >= 0.3 is 0 Å². The molecule has 1 aliphatic rings. The summed E-state index contributed by atoms with van der Waals surface area (Å²) >= 11 is 6.19. The maximum atomic E-state index is 10.2. The molecule has 2 N–H and O–H groups in total. The molecule has 1 fully saturated rings. The molecule has 1 aromatic rings. The summed E-state index contributed by atoms with van der Waals surface area (Å²) in [5.74, 6) is 0.329. The van der Waals surface area contributed by atoms with E-state index in [1.165, 1.54) is 0 Å². The second kappa shape index (κ2) is 5.38. The molecule has 96 valence electrons. The second-order valence-electron chi connectivity index (χ2n) is 4.85. The molecular formula is C12H20ClN3O. The van der Waals surface area contributed by atoms with Crippen LogP contribution in [-0.4, -0.2) is 34.1 Å². The Bertz CT molecular complexity index is 385. The van der Waals surface area contributed by atoms with Crippen molar-refractivity contribution < 1.29 is 5.11 Å². The van der Waals surface area contributed by atoms with Gasteiger partial charge in [-0.3, -0.25) is 4.68 Å². The molecule has 0 bridgehead atoms. The number of halogens is 1. The lowest BCUT2D eigenvalue weighted by Gasteiger charge is -2.27. The molecule has 1 aliphatic heterocycles. The van der Waals surface area contributed by atoms with Gasteiger partial charge in [0.15, 0.2) is 0 Å². The van der Waals surface area contributed by atoms with Crippen molar-refractivity contribution in [3.63, 3.8) is 0 Å². The Morgan fingerprint density at radius 3 is 2.94 bits per heavy atom. The summed E-state index contributed by atoms with van der Waals surface area (Å²) in [6, 6.07) is 0. The van der Waals surface area contributed by atoms with Crippen molar-refractivity contribution in [1.82, 2.24) is 15.1 Å². The van der Waals surface area contributed by atoms with Crippen molar-refractivity contribution in [3.8, 4) is 0 Å². The fourth-order valence-electron chi connectivity index (χ4n) is 2.47. The summed E-state index contributed by atoms with van der Waals surface area (Å²) in [6.07, 6.45) is 2.47. The highest BCUT2D eigenvalue weighted by atomic mass is 35.5. The van der Waals surface area contributed by atoms with E-state index in [2.05, 4.69) is 10.4 Å². The first kappa shape index (κ1) is 12.9. The van der Waals surface area contributed by atoms with Gasteiger partial charge in [0, 0.05) is 20.0 Å². The van der Waals surface area contributed by atoms with Gasteiger partial charge in [-0.05, 0) is 32.2 Å². The average Bonchev–Trinajstić information content (AvgIpc) is 2.57. The van der Waals surface area contributed by atoms with Crippen LogP contribution in [-0.2, 0) is 13.5 Å². The van der Waals surface area contributed by atoms with Crippen LogP contribution in [0.1, 0.15) is 24.2 Å². The van der Waals surface area contributed by atoms with Gasteiger partial charge in [0.2, 0.25) is 0 Å². The molecule has 2 rings (SSSR count). The Morgan fingerprint density at radius 1 is 1.65 bits per heavy atom. The molecule has 5 heteroatoms. The van der Waals surface area contributed by atoms with E-state index in [1.54, 1.807) is 4.68 Å². The normalized spacial score (nSPS) is 22.7. The molecule has 2 unspecified atom stereocenters. The highest BCUT2D eigenvalue weighted by molar-refractivity contribution is 6.31. The monoisotopic (exact) mass is 257 g/mol. The maximum absolute atomic E-state index is 10.2. The molecule has 1 aromatic heterocycles. The van der Waals surface area contributed by atoms with Gasteiger partial charge in [-0.25, -0.2) is 0 Å². The zero-order chi connectivity index (χ0) is 12.4. The third kappa shape index (κ3) is 2.81. The fourth-order valence-corrected chi connectivity index (χ4v) is 2.71. The number of rotatable bonds is 3. The maximum Gasteiger partial charge on any atom is 0.0847 e. The minimum absolute atomic E-state index is 0.329. The number of piperidine rings is 1. The number of hydrogen-bond donors (Lipinski definition) is 2. The lowest BCUT2D eigenvalue weighted by Crippen LogP contribution is -2.37. The Balaban J connectivity index is 2.04. The van der Waals surface area contributed by atoms with Crippen LogP contribution in [0.2, 0.25) is 5.02 Å². The molecule has 4 nitrogen and oxygen atoms in total. The SMILES string of the molecule is Cc1nn(C)c(CC(O)C2CCCNC2)c1Cl. The van der Waals surface area contributed by atoms with Crippen LogP contribution in [0.25, 0.3) is 0 Å². The average molecular weight is 258 g/mol. The molecule has 17 heavy (non-hydrogen) atoms. The number of nitrogens with zero attached hydrogens (tertiary/aromatic N) is 2. The van der Waals surface area contributed by atoms with Gasteiger partial charge in [0.1, 0.15) is 0 Å². The summed E-state index contributed by atoms with van der Waals surface area (Å²) in [4.78, 5) is 0. The standard InChI is InChI=1S/C12H20ClN3O/c1-8-12(13)10(16(2)15-8)6-11(17)9-4-3-5-14-7-9/h9,11,14,17H,3-7H2,1-2H3. The van der Waals surface area contributed by atoms with Gasteiger partial charge in [-0.2, -0.15) is 5.10 Å². The fraction of sp³-hybridized carbons (Fsp3) is 0.750. The summed E-state index contributed by atoms with van der Waals surface area (Å²) in [7, 11) is 1.88. The predicted octanol–water partition coefficient (Wildman–Crippen LogP) is 1.28. The van der Waals surface area contributed by atoms with E-state index in [9.17, 15) is 5.11 Å². The molecule has 1 saturated heterocycles. The lowest BCUT2D eigenvalue weighted by atomic mass is 9.91. The molecule has 0 radical (unpaired) electrons. The van der Waals surface area contributed by atoms with E-state index in [0.717, 1.165) is 37.3 Å². The molecule has 0 aliphatic carbocycles. The number of aliphatic hydroxyl groups is 1. The summed E-state index contributed by atoms with van der Waals surface area (Å²) < 4.78 is 1.77. The van der Waals surface area contributed by atoms with Gasteiger partial charge in [-0.15, -0.1) is 0 Å². The first-order valence-corrected chi connectivity index (χ1v) is 6.54. The number of aromatic nitrogens is 2. The van der Waals surface area contributed by atoms with E-state index in [-0.39, 0.29) is 6.10 Å². The Morgan fingerprint density at radius 2 is 2.41 bits per heavy atom. The van der Waals surface area contributed by atoms with Crippen LogP contribution in [0.3, 0.4) is 0 Å². The zero-order valence-corrected chi connectivity index (χ0v) is 11.2. The van der Waals surface area contributed by atoms with Crippen molar-refractivity contribution in [2.75, 3.05) is 13.1 Å². The van der Waals surface area contributed by atoms with Crippen molar-refractivity contribution >= 4 is 11.6 Å². The van der Waals surface area contributed by atoms with Crippen LogP contribution in [0, 0.1) is 12.8 Å². The third-order valence-corrected chi connectivity index (χ3v) is 4.03. The van der Waals surface area contributed by atoms with E-state index in [4.69, 9.17) is 11.6 Å². The van der Waals surface area contributed by atoms with Crippen LogP contribution in [0.5, 0.6) is 0 Å². The first-order chi connectivity index (χ1) is 8.09. The van der Waals surface area contributed by atoms with Gasteiger partial charge in [0.25, 0.3) is 0 Å². The molecule has 0 spiro atoms. The number of aryl methyl sites for hydroxylation is 2. The minimum atomic E-state index is -0.338.